The molecule has 0 radical (unpaired) electrons. The lowest BCUT2D eigenvalue weighted by Crippen LogP contribution is -2.50. The van der Waals surface area contributed by atoms with E-state index in [1.165, 1.54) is 6.07 Å². The third-order valence-electron chi connectivity index (χ3n) is 6.73. The van der Waals surface area contributed by atoms with Crippen molar-refractivity contribution >= 4 is 15.5 Å². The number of piperidine rings is 1. The van der Waals surface area contributed by atoms with Gasteiger partial charge in [0.05, 0.1) is 17.1 Å². The highest BCUT2D eigenvalue weighted by Gasteiger charge is 2.42. The molecule has 0 aliphatic carbocycles. The van der Waals surface area contributed by atoms with Crippen molar-refractivity contribution in [3.05, 3.63) is 29.3 Å². The van der Waals surface area contributed by atoms with E-state index in [-0.39, 0.29) is 30.1 Å². The quantitative estimate of drug-likeness (QED) is 0.798. The summed E-state index contributed by atoms with van der Waals surface area (Å²) in [6, 6.07) is 3.96. The van der Waals surface area contributed by atoms with Crippen LogP contribution in [0.4, 0.5) is 18.9 Å². The molecule has 4 rings (SSSR count). The first-order valence-corrected chi connectivity index (χ1v) is 12.1. The number of halogens is 3. The van der Waals surface area contributed by atoms with Gasteiger partial charge in [0.1, 0.15) is 0 Å². The molecule has 1 N–H and O–H groups in total. The molecular weight excluding hydrogens is 403 g/mol. The zero-order valence-electron chi connectivity index (χ0n) is 16.5. The Balaban J connectivity index is 1.63. The summed E-state index contributed by atoms with van der Waals surface area (Å²) in [5.74, 6) is -0.0238. The smallest absolute Gasteiger partial charge is 0.369 e. The van der Waals surface area contributed by atoms with E-state index in [2.05, 4.69) is 10.2 Å². The summed E-state index contributed by atoms with van der Waals surface area (Å²) in [7, 11) is -3.10. The highest BCUT2D eigenvalue weighted by atomic mass is 32.2. The SMILES string of the molecule is O=S1(=O)CCN(c2cc(C(F)(F)F)ccc2CN2CCCC23CCNCC3)CC1. The van der Waals surface area contributed by atoms with Gasteiger partial charge in [0.25, 0.3) is 0 Å². The number of likely N-dealkylation sites (tertiary alicyclic amines) is 1. The fourth-order valence-electron chi connectivity index (χ4n) is 5.03. The maximum Gasteiger partial charge on any atom is 0.416 e. The molecule has 29 heavy (non-hydrogen) atoms. The van der Waals surface area contributed by atoms with Crippen molar-refractivity contribution in [3.63, 3.8) is 0 Å². The lowest BCUT2D eigenvalue weighted by Gasteiger charge is -2.42. The number of nitrogens with zero attached hydrogens (tertiary/aromatic N) is 2. The van der Waals surface area contributed by atoms with Gasteiger partial charge in [-0.15, -0.1) is 0 Å². The molecule has 3 aliphatic heterocycles. The average Bonchev–Trinajstić information content (AvgIpc) is 3.03. The van der Waals surface area contributed by atoms with Crippen LogP contribution < -0.4 is 10.2 Å². The molecule has 5 nitrogen and oxygen atoms in total. The number of alkyl halides is 3. The van der Waals surface area contributed by atoms with Crippen LogP contribution in [-0.2, 0) is 22.6 Å². The van der Waals surface area contributed by atoms with Gasteiger partial charge < -0.3 is 10.2 Å². The Labute approximate surface area is 170 Å². The highest BCUT2D eigenvalue weighted by Crippen LogP contribution is 2.40. The summed E-state index contributed by atoms with van der Waals surface area (Å²) < 4.78 is 63.6. The molecule has 0 amide bonds. The van der Waals surface area contributed by atoms with Crippen LogP contribution in [0.25, 0.3) is 0 Å². The van der Waals surface area contributed by atoms with Crippen LogP contribution in [0.5, 0.6) is 0 Å². The Morgan fingerprint density at radius 3 is 2.38 bits per heavy atom. The monoisotopic (exact) mass is 431 g/mol. The summed E-state index contributed by atoms with van der Waals surface area (Å²) in [4.78, 5) is 4.26. The third kappa shape index (κ3) is 4.41. The Kier molecular flexibility index (Phi) is 5.59. The second kappa shape index (κ2) is 7.74. The van der Waals surface area contributed by atoms with E-state index in [4.69, 9.17) is 0 Å². The number of benzene rings is 1. The third-order valence-corrected chi connectivity index (χ3v) is 8.34. The fourth-order valence-corrected chi connectivity index (χ4v) is 6.23. The van der Waals surface area contributed by atoms with Gasteiger partial charge >= 0.3 is 6.18 Å². The van der Waals surface area contributed by atoms with Crippen molar-refractivity contribution in [3.8, 4) is 0 Å². The lowest BCUT2D eigenvalue weighted by atomic mass is 9.85. The summed E-state index contributed by atoms with van der Waals surface area (Å²) in [6.07, 6.45) is -0.0561. The second-order valence-electron chi connectivity index (χ2n) is 8.48. The minimum Gasteiger partial charge on any atom is -0.369 e. The van der Waals surface area contributed by atoms with Crippen molar-refractivity contribution in [2.45, 2.75) is 43.9 Å². The molecule has 0 aromatic heterocycles. The molecule has 0 unspecified atom stereocenters. The normalized spacial score (nSPS) is 24.9. The largest absolute Gasteiger partial charge is 0.416 e. The zero-order chi connectivity index (χ0) is 20.7. The first kappa shape index (κ1) is 20.9. The van der Waals surface area contributed by atoms with E-state index in [9.17, 15) is 21.6 Å². The van der Waals surface area contributed by atoms with E-state index in [1.807, 2.05) is 4.90 Å². The molecule has 9 heteroatoms. The van der Waals surface area contributed by atoms with Gasteiger partial charge in [-0.2, -0.15) is 13.2 Å². The van der Waals surface area contributed by atoms with E-state index in [1.54, 1.807) is 6.07 Å². The average molecular weight is 432 g/mol. The minimum atomic E-state index is -4.42. The number of hydrogen-bond donors (Lipinski definition) is 1. The number of hydrogen-bond acceptors (Lipinski definition) is 5. The van der Waals surface area contributed by atoms with Crippen molar-refractivity contribution in [2.24, 2.45) is 0 Å². The number of sulfone groups is 1. The molecule has 162 valence electrons. The van der Waals surface area contributed by atoms with Gasteiger partial charge in [-0.3, -0.25) is 4.90 Å². The van der Waals surface area contributed by atoms with Crippen molar-refractivity contribution in [1.82, 2.24) is 10.2 Å². The van der Waals surface area contributed by atoms with Gasteiger partial charge in [-0.1, -0.05) is 6.07 Å². The van der Waals surface area contributed by atoms with Gasteiger partial charge in [-0.25, -0.2) is 8.42 Å². The summed E-state index contributed by atoms with van der Waals surface area (Å²) >= 11 is 0. The summed E-state index contributed by atoms with van der Waals surface area (Å²) in [5, 5.41) is 3.40. The first-order valence-electron chi connectivity index (χ1n) is 10.3. The fraction of sp³-hybridized carbons (Fsp3) is 0.700. The van der Waals surface area contributed by atoms with E-state index in [0.29, 0.717) is 12.2 Å². The van der Waals surface area contributed by atoms with Crippen LogP contribution in [0.2, 0.25) is 0 Å². The number of nitrogens with one attached hydrogen (secondary N) is 1. The molecule has 3 saturated heterocycles. The van der Waals surface area contributed by atoms with Gasteiger partial charge in [0.15, 0.2) is 9.84 Å². The van der Waals surface area contributed by atoms with Crippen molar-refractivity contribution in [2.75, 3.05) is 49.1 Å². The summed E-state index contributed by atoms with van der Waals surface area (Å²) in [5.41, 5.74) is 0.849. The minimum absolute atomic E-state index is 0.0119. The Morgan fingerprint density at radius 2 is 1.72 bits per heavy atom. The maximum atomic E-state index is 13.3. The van der Waals surface area contributed by atoms with Gasteiger partial charge in [-0.05, 0) is 63.0 Å². The van der Waals surface area contributed by atoms with Gasteiger partial charge in [0.2, 0.25) is 0 Å². The topological polar surface area (TPSA) is 52.7 Å². The standard InChI is InChI=1S/C20H28F3N3O2S/c21-20(22,23)17-3-2-16(18(14-17)25-10-12-29(27,28)13-11-25)15-26-9-1-4-19(26)5-7-24-8-6-19/h2-3,14,24H,1,4-13,15H2. The molecule has 1 spiro atoms. The molecular formula is C20H28F3N3O2S. The van der Waals surface area contributed by atoms with Crippen LogP contribution in [0.3, 0.4) is 0 Å². The van der Waals surface area contributed by atoms with E-state index in [0.717, 1.165) is 56.9 Å². The maximum absolute atomic E-state index is 13.3. The van der Waals surface area contributed by atoms with E-state index >= 15 is 0 Å². The Morgan fingerprint density at radius 1 is 1.03 bits per heavy atom. The number of anilines is 1. The van der Waals surface area contributed by atoms with Crippen molar-refractivity contribution in [1.29, 1.82) is 0 Å². The number of rotatable bonds is 3. The lowest BCUT2D eigenvalue weighted by molar-refractivity contribution is -0.137. The zero-order valence-corrected chi connectivity index (χ0v) is 17.3. The molecule has 3 heterocycles. The van der Waals surface area contributed by atoms with Crippen LogP contribution in [-0.4, -0.2) is 63.1 Å². The Hall–Kier alpha value is -1.32. The molecule has 1 aromatic rings. The predicted molar refractivity (Wildman–Crippen MR) is 107 cm³/mol. The van der Waals surface area contributed by atoms with E-state index < -0.39 is 21.6 Å². The van der Waals surface area contributed by atoms with Crippen molar-refractivity contribution < 1.29 is 21.6 Å². The Bertz CT molecular complexity index is 837. The molecule has 3 fully saturated rings. The molecule has 3 aliphatic rings. The molecule has 1 aromatic carbocycles. The van der Waals surface area contributed by atoms with Crippen LogP contribution in [0, 0.1) is 0 Å². The molecule has 0 saturated carbocycles. The molecule has 0 bridgehead atoms. The molecule has 0 atom stereocenters. The van der Waals surface area contributed by atoms with Crippen LogP contribution >= 0.6 is 0 Å². The van der Waals surface area contributed by atoms with Crippen LogP contribution in [0.15, 0.2) is 18.2 Å². The second-order valence-corrected chi connectivity index (χ2v) is 10.8. The summed E-state index contributed by atoms with van der Waals surface area (Å²) in [6.45, 7) is 3.99. The van der Waals surface area contributed by atoms with Crippen LogP contribution in [0.1, 0.15) is 36.8 Å². The van der Waals surface area contributed by atoms with Gasteiger partial charge in [0, 0.05) is 30.9 Å². The first-order chi connectivity index (χ1) is 13.7. The predicted octanol–water partition coefficient (Wildman–Crippen LogP) is 2.66. The highest BCUT2D eigenvalue weighted by molar-refractivity contribution is 7.91.